The molecule has 1 amide bonds. The summed E-state index contributed by atoms with van der Waals surface area (Å²) in [6.45, 7) is 1.25. The number of hydrogen-bond donors (Lipinski definition) is 1. The number of carbonyl (C=O) groups excluding carboxylic acids is 1. The number of amides is 1. The molecule has 2 fully saturated rings. The van der Waals surface area contributed by atoms with Gasteiger partial charge in [-0.2, -0.15) is 5.10 Å². The molecule has 0 radical (unpaired) electrons. The van der Waals surface area contributed by atoms with Gasteiger partial charge in [0, 0.05) is 37.3 Å². The van der Waals surface area contributed by atoms with E-state index in [2.05, 4.69) is 21.2 Å². The molecule has 0 bridgehead atoms. The third kappa shape index (κ3) is 3.02. The molecule has 7 nitrogen and oxygen atoms in total. The Morgan fingerprint density at radius 3 is 2.71 bits per heavy atom. The molecule has 7 heteroatoms. The van der Waals surface area contributed by atoms with Crippen LogP contribution in [0, 0.1) is 0 Å². The van der Waals surface area contributed by atoms with E-state index in [1.807, 2.05) is 0 Å². The summed E-state index contributed by atoms with van der Waals surface area (Å²) in [5.41, 5.74) is 3.03. The maximum Gasteiger partial charge on any atom is 0.258 e. The van der Waals surface area contributed by atoms with Gasteiger partial charge in [-0.05, 0) is 31.7 Å². The second-order valence-corrected chi connectivity index (χ2v) is 6.75. The highest BCUT2D eigenvalue weighted by Gasteiger charge is 2.32. The first-order chi connectivity index (χ1) is 11.7. The van der Waals surface area contributed by atoms with Crippen molar-refractivity contribution in [2.24, 2.45) is 7.05 Å². The molecule has 2 aliphatic carbocycles. The second kappa shape index (κ2) is 5.96. The number of hydrogen-bond acceptors (Lipinski definition) is 4. The van der Waals surface area contributed by atoms with Gasteiger partial charge in [0.2, 0.25) is 5.88 Å². The van der Waals surface area contributed by atoms with Crippen molar-refractivity contribution in [2.75, 3.05) is 13.7 Å². The number of nitrogens with one attached hydrogen (secondary N) is 1. The minimum atomic E-state index is -0.164. The molecule has 24 heavy (non-hydrogen) atoms. The zero-order chi connectivity index (χ0) is 16.7. The van der Waals surface area contributed by atoms with E-state index in [1.165, 1.54) is 44.2 Å². The van der Waals surface area contributed by atoms with Crippen LogP contribution >= 0.6 is 0 Å². The highest BCUT2D eigenvalue weighted by molar-refractivity contribution is 5.96. The number of nitrogens with zero attached hydrogens (tertiary/aromatic N) is 4. The van der Waals surface area contributed by atoms with Crippen LogP contribution in [-0.4, -0.2) is 39.1 Å². The third-order valence-electron chi connectivity index (χ3n) is 4.66. The predicted molar refractivity (Wildman–Crippen MR) is 88.3 cm³/mol. The highest BCUT2D eigenvalue weighted by Crippen LogP contribution is 2.44. The Balaban J connectivity index is 1.39. The Bertz CT molecular complexity index is 755. The minimum Gasteiger partial charge on any atom is -0.479 e. The molecule has 0 spiro atoms. The minimum absolute atomic E-state index is 0.164. The summed E-state index contributed by atoms with van der Waals surface area (Å²) in [4.78, 5) is 12.3. The Kier molecular flexibility index (Phi) is 3.78. The molecule has 2 heterocycles. The molecule has 2 aliphatic rings. The smallest absolute Gasteiger partial charge is 0.258 e. The van der Waals surface area contributed by atoms with Gasteiger partial charge < -0.3 is 10.1 Å². The molecule has 128 valence electrons. The van der Waals surface area contributed by atoms with Gasteiger partial charge in [0.15, 0.2) is 0 Å². The molecule has 1 N–H and O–H groups in total. The average Bonchev–Trinajstić information content (AvgIpc) is 3.50. The van der Waals surface area contributed by atoms with E-state index in [-0.39, 0.29) is 5.91 Å². The lowest BCUT2D eigenvalue weighted by Crippen LogP contribution is -2.28. The lowest BCUT2D eigenvalue weighted by Gasteiger charge is -2.08. The van der Waals surface area contributed by atoms with Gasteiger partial charge in [-0.1, -0.05) is 0 Å². The van der Waals surface area contributed by atoms with Gasteiger partial charge in [-0.25, -0.2) is 0 Å². The highest BCUT2D eigenvalue weighted by atomic mass is 16.5. The molecule has 4 rings (SSSR count). The van der Waals surface area contributed by atoms with E-state index < -0.39 is 0 Å². The van der Waals surface area contributed by atoms with Crippen molar-refractivity contribution in [3.05, 3.63) is 29.2 Å². The summed E-state index contributed by atoms with van der Waals surface area (Å²) in [5.74, 6) is 1.52. The van der Waals surface area contributed by atoms with Crippen molar-refractivity contribution in [1.29, 1.82) is 0 Å². The number of carbonyl (C=O) groups is 1. The van der Waals surface area contributed by atoms with Crippen molar-refractivity contribution in [1.82, 2.24) is 24.9 Å². The predicted octanol–water partition coefficient (Wildman–Crippen LogP) is 1.81. The average molecular weight is 329 g/mol. The first-order valence-corrected chi connectivity index (χ1v) is 8.59. The van der Waals surface area contributed by atoms with E-state index in [0.717, 1.165) is 0 Å². The number of methoxy groups -OCH3 is 1. The molecule has 0 unspecified atom stereocenters. The number of aromatic nitrogens is 4. The maximum absolute atomic E-state index is 12.3. The van der Waals surface area contributed by atoms with Crippen LogP contribution in [0.4, 0.5) is 0 Å². The van der Waals surface area contributed by atoms with Gasteiger partial charge in [-0.15, -0.1) is 5.10 Å². The zero-order valence-corrected chi connectivity index (χ0v) is 14.2. The van der Waals surface area contributed by atoms with E-state index >= 15 is 0 Å². The van der Waals surface area contributed by atoms with Crippen molar-refractivity contribution in [3.63, 3.8) is 0 Å². The molecular weight excluding hydrogens is 306 g/mol. The summed E-state index contributed by atoms with van der Waals surface area (Å²) in [6.07, 6.45) is 6.71. The Labute approximate surface area is 141 Å². The zero-order valence-electron chi connectivity index (χ0n) is 14.2. The van der Waals surface area contributed by atoms with Crippen molar-refractivity contribution in [3.8, 4) is 5.88 Å². The standard InChI is InChI=1S/C17H23N5O2/c1-21-10-13(17(20-21)24-2)16(23)18-7-8-22-15(12-5-6-12)9-14(19-22)11-3-4-11/h9-12H,3-8H2,1-2H3,(H,18,23). The van der Waals surface area contributed by atoms with Crippen LogP contribution in [0.2, 0.25) is 0 Å². The molecule has 0 aromatic carbocycles. The van der Waals surface area contributed by atoms with Crippen LogP contribution in [0.5, 0.6) is 5.88 Å². The van der Waals surface area contributed by atoms with Gasteiger partial charge in [-0.3, -0.25) is 14.2 Å². The van der Waals surface area contributed by atoms with Crippen LogP contribution < -0.4 is 10.1 Å². The fourth-order valence-electron chi connectivity index (χ4n) is 3.06. The lowest BCUT2D eigenvalue weighted by atomic mass is 10.2. The second-order valence-electron chi connectivity index (χ2n) is 6.75. The number of aryl methyl sites for hydroxylation is 1. The SMILES string of the molecule is COc1nn(C)cc1C(=O)NCCn1nc(C2CC2)cc1C1CC1. The van der Waals surface area contributed by atoms with E-state index in [0.29, 0.717) is 36.4 Å². The van der Waals surface area contributed by atoms with Crippen LogP contribution in [-0.2, 0) is 13.6 Å². The Hall–Kier alpha value is -2.31. The summed E-state index contributed by atoms with van der Waals surface area (Å²) < 4.78 is 8.80. The van der Waals surface area contributed by atoms with E-state index in [1.54, 1.807) is 17.9 Å². The normalized spacial score (nSPS) is 17.1. The van der Waals surface area contributed by atoms with Crippen LogP contribution in [0.1, 0.15) is 59.3 Å². The lowest BCUT2D eigenvalue weighted by molar-refractivity contribution is 0.0948. The quantitative estimate of drug-likeness (QED) is 0.841. The fraction of sp³-hybridized carbons (Fsp3) is 0.588. The van der Waals surface area contributed by atoms with Crippen molar-refractivity contribution in [2.45, 2.75) is 44.1 Å². The first-order valence-electron chi connectivity index (χ1n) is 8.59. The molecule has 2 aromatic heterocycles. The van der Waals surface area contributed by atoms with E-state index in [9.17, 15) is 4.79 Å². The van der Waals surface area contributed by atoms with Gasteiger partial charge in [0.05, 0.1) is 19.3 Å². The van der Waals surface area contributed by atoms with Crippen molar-refractivity contribution >= 4 is 5.91 Å². The topological polar surface area (TPSA) is 74.0 Å². The summed E-state index contributed by atoms with van der Waals surface area (Å²) in [5, 5.41) is 11.8. The van der Waals surface area contributed by atoms with Crippen LogP contribution in [0.15, 0.2) is 12.3 Å². The summed E-state index contributed by atoms with van der Waals surface area (Å²) in [6, 6.07) is 2.28. The molecule has 2 aromatic rings. The van der Waals surface area contributed by atoms with Gasteiger partial charge in [0.25, 0.3) is 5.91 Å². The summed E-state index contributed by atoms with van der Waals surface area (Å²) in [7, 11) is 3.29. The monoisotopic (exact) mass is 329 g/mol. The Morgan fingerprint density at radius 2 is 2.04 bits per heavy atom. The number of rotatable bonds is 7. The molecule has 0 saturated heterocycles. The van der Waals surface area contributed by atoms with Gasteiger partial charge in [0.1, 0.15) is 5.56 Å². The first kappa shape index (κ1) is 15.2. The van der Waals surface area contributed by atoms with E-state index in [4.69, 9.17) is 9.84 Å². The molecule has 2 saturated carbocycles. The van der Waals surface area contributed by atoms with Crippen LogP contribution in [0.3, 0.4) is 0 Å². The van der Waals surface area contributed by atoms with Crippen LogP contribution in [0.25, 0.3) is 0 Å². The fourth-order valence-corrected chi connectivity index (χ4v) is 3.06. The summed E-state index contributed by atoms with van der Waals surface area (Å²) >= 11 is 0. The number of ether oxygens (including phenoxy) is 1. The molecule has 0 atom stereocenters. The van der Waals surface area contributed by atoms with Gasteiger partial charge >= 0.3 is 0 Å². The third-order valence-corrected chi connectivity index (χ3v) is 4.66. The maximum atomic E-state index is 12.3. The Morgan fingerprint density at radius 1 is 1.29 bits per heavy atom. The molecular formula is C17H23N5O2. The molecule has 0 aliphatic heterocycles. The largest absolute Gasteiger partial charge is 0.479 e. The van der Waals surface area contributed by atoms with Crippen molar-refractivity contribution < 1.29 is 9.53 Å².